The van der Waals surface area contributed by atoms with Gasteiger partial charge in [0.2, 0.25) is 0 Å². The van der Waals surface area contributed by atoms with Crippen molar-refractivity contribution in [2.75, 3.05) is 7.11 Å². The summed E-state index contributed by atoms with van der Waals surface area (Å²) in [4.78, 5) is 3.29. The van der Waals surface area contributed by atoms with Crippen LogP contribution in [0, 0.1) is 5.92 Å². The number of methoxy groups -OCH3 is 1. The van der Waals surface area contributed by atoms with Crippen molar-refractivity contribution in [3.8, 4) is 5.75 Å². The molecule has 1 fully saturated rings. The number of H-pyrrole nitrogens is 1. The molecule has 2 unspecified atom stereocenters. The van der Waals surface area contributed by atoms with E-state index in [0.29, 0.717) is 5.15 Å². The summed E-state index contributed by atoms with van der Waals surface area (Å²) >= 11 is 6.07. The molecular formula is C11H14ClNO. The monoisotopic (exact) mass is 211 g/mol. The van der Waals surface area contributed by atoms with E-state index in [9.17, 15) is 0 Å². The number of fused-ring (bicyclic) bond motifs is 3. The lowest BCUT2D eigenvalue weighted by Crippen LogP contribution is -1.99. The van der Waals surface area contributed by atoms with Crippen molar-refractivity contribution in [2.45, 2.75) is 31.6 Å². The topological polar surface area (TPSA) is 25.0 Å². The predicted octanol–water partition coefficient (Wildman–Crippen LogP) is 3.12. The molecule has 2 nitrogen and oxygen atoms in total. The lowest BCUT2D eigenvalue weighted by atomic mass is 9.99. The Morgan fingerprint density at radius 2 is 2.29 bits per heavy atom. The molecule has 0 spiro atoms. The van der Waals surface area contributed by atoms with Gasteiger partial charge in [-0.05, 0) is 25.2 Å². The number of nitrogens with one attached hydrogen (secondary N) is 1. The highest BCUT2D eigenvalue weighted by molar-refractivity contribution is 6.31. The van der Waals surface area contributed by atoms with E-state index in [1.165, 1.54) is 30.5 Å². The van der Waals surface area contributed by atoms with Gasteiger partial charge in [-0.25, -0.2) is 0 Å². The molecule has 0 bridgehead atoms. The maximum absolute atomic E-state index is 6.07. The molecule has 1 aromatic heterocycles. The lowest BCUT2D eigenvalue weighted by molar-refractivity contribution is 0.408. The fourth-order valence-electron chi connectivity index (χ4n) is 3.16. The number of ether oxygens (including phenoxy) is 1. The Morgan fingerprint density at radius 1 is 1.43 bits per heavy atom. The van der Waals surface area contributed by atoms with Crippen molar-refractivity contribution in [1.82, 2.24) is 4.98 Å². The van der Waals surface area contributed by atoms with Crippen LogP contribution in [0.25, 0.3) is 0 Å². The first kappa shape index (κ1) is 8.66. The van der Waals surface area contributed by atoms with E-state index in [1.807, 2.05) is 0 Å². The highest BCUT2D eigenvalue weighted by Gasteiger charge is 2.39. The molecule has 0 aromatic carbocycles. The molecule has 0 aliphatic heterocycles. The van der Waals surface area contributed by atoms with Crippen LogP contribution in [0.1, 0.15) is 36.4 Å². The van der Waals surface area contributed by atoms with Gasteiger partial charge in [0.05, 0.1) is 7.11 Å². The molecule has 1 aromatic rings. The van der Waals surface area contributed by atoms with Crippen LogP contribution >= 0.6 is 11.6 Å². The first-order valence-electron chi connectivity index (χ1n) is 5.25. The Morgan fingerprint density at radius 3 is 3.07 bits per heavy atom. The number of rotatable bonds is 1. The molecule has 0 saturated heterocycles. The first-order valence-corrected chi connectivity index (χ1v) is 5.63. The minimum Gasteiger partial charge on any atom is -0.493 e. The van der Waals surface area contributed by atoms with Crippen LogP contribution in [0.5, 0.6) is 5.75 Å². The van der Waals surface area contributed by atoms with Crippen LogP contribution in [0.15, 0.2) is 0 Å². The molecule has 1 N–H and O–H groups in total. The number of aromatic amines is 1. The third-order valence-corrected chi connectivity index (χ3v) is 4.01. The Labute approximate surface area is 88.6 Å². The molecule has 3 rings (SSSR count). The molecule has 1 saturated carbocycles. The Hall–Kier alpha value is -0.630. The third-order valence-electron chi connectivity index (χ3n) is 3.74. The molecule has 0 amide bonds. The summed E-state index contributed by atoms with van der Waals surface area (Å²) in [5.41, 5.74) is 2.70. The normalized spacial score (nSPS) is 29.0. The van der Waals surface area contributed by atoms with E-state index in [1.54, 1.807) is 7.11 Å². The number of aromatic nitrogens is 1. The summed E-state index contributed by atoms with van der Waals surface area (Å²) in [7, 11) is 1.70. The van der Waals surface area contributed by atoms with Gasteiger partial charge >= 0.3 is 0 Å². The van der Waals surface area contributed by atoms with Crippen LogP contribution in [-0.4, -0.2) is 12.1 Å². The third kappa shape index (κ3) is 0.977. The Balaban J connectivity index is 2.08. The van der Waals surface area contributed by atoms with E-state index < -0.39 is 0 Å². The second kappa shape index (κ2) is 2.93. The zero-order valence-corrected chi connectivity index (χ0v) is 9.03. The molecular weight excluding hydrogens is 198 g/mol. The van der Waals surface area contributed by atoms with Gasteiger partial charge in [0.1, 0.15) is 5.15 Å². The first-order chi connectivity index (χ1) is 6.81. The largest absolute Gasteiger partial charge is 0.493 e. The fraction of sp³-hybridized carbons (Fsp3) is 0.636. The summed E-state index contributed by atoms with van der Waals surface area (Å²) in [5, 5.41) is 0.683. The van der Waals surface area contributed by atoms with Crippen LogP contribution in [0.2, 0.25) is 5.15 Å². The maximum atomic E-state index is 6.07. The van der Waals surface area contributed by atoms with E-state index in [-0.39, 0.29) is 0 Å². The zero-order chi connectivity index (χ0) is 9.71. The second-order valence-electron chi connectivity index (χ2n) is 4.37. The van der Waals surface area contributed by atoms with Gasteiger partial charge in [0.15, 0.2) is 5.75 Å². The summed E-state index contributed by atoms with van der Waals surface area (Å²) in [5.74, 6) is 2.46. The van der Waals surface area contributed by atoms with Crippen molar-refractivity contribution >= 4 is 11.6 Å². The standard InChI is InChI=1S/C11H14ClNO/c1-14-10-8-5-6-3-2-4-7(6)9(8)13-11(10)12/h6-7,13H,2-5H2,1H3. The molecule has 3 heteroatoms. The van der Waals surface area contributed by atoms with Crippen molar-refractivity contribution in [3.63, 3.8) is 0 Å². The van der Waals surface area contributed by atoms with Gasteiger partial charge in [-0.15, -0.1) is 0 Å². The molecule has 14 heavy (non-hydrogen) atoms. The molecule has 0 radical (unpaired) electrons. The second-order valence-corrected chi connectivity index (χ2v) is 4.74. The van der Waals surface area contributed by atoms with Crippen LogP contribution in [0.3, 0.4) is 0 Å². The summed E-state index contributed by atoms with van der Waals surface area (Å²) < 4.78 is 5.33. The molecule has 2 aliphatic rings. The Kier molecular flexibility index (Phi) is 1.81. The average molecular weight is 212 g/mol. The number of hydrogen-bond acceptors (Lipinski definition) is 1. The van der Waals surface area contributed by atoms with Crippen molar-refractivity contribution in [2.24, 2.45) is 5.92 Å². The van der Waals surface area contributed by atoms with Crippen LogP contribution < -0.4 is 4.74 Å². The summed E-state index contributed by atoms with van der Waals surface area (Å²) in [6, 6.07) is 0. The highest BCUT2D eigenvalue weighted by Crippen LogP contribution is 2.52. The molecule has 1 heterocycles. The molecule has 2 aliphatic carbocycles. The SMILES string of the molecule is COc1c(Cl)[nH]c2c1CC1CCCC21. The van der Waals surface area contributed by atoms with Gasteiger partial charge < -0.3 is 9.72 Å². The maximum Gasteiger partial charge on any atom is 0.159 e. The summed E-state index contributed by atoms with van der Waals surface area (Å²) in [6.45, 7) is 0. The fourth-order valence-corrected chi connectivity index (χ4v) is 3.45. The molecule has 76 valence electrons. The van der Waals surface area contributed by atoms with Gasteiger partial charge in [-0.2, -0.15) is 0 Å². The minimum atomic E-state index is 0.683. The van der Waals surface area contributed by atoms with Crippen molar-refractivity contribution in [1.29, 1.82) is 0 Å². The quantitative estimate of drug-likeness (QED) is 0.759. The van der Waals surface area contributed by atoms with E-state index in [2.05, 4.69) is 4.98 Å². The van der Waals surface area contributed by atoms with Gasteiger partial charge in [0, 0.05) is 17.2 Å². The molecule has 2 atom stereocenters. The summed E-state index contributed by atoms with van der Waals surface area (Å²) in [6.07, 6.45) is 5.21. The number of halogens is 1. The van der Waals surface area contributed by atoms with E-state index in [4.69, 9.17) is 16.3 Å². The minimum absolute atomic E-state index is 0.683. The lowest BCUT2D eigenvalue weighted by Gasteiger charge is -2.08. The number of hydrogen-bond donors (Lipinski definition) is 1. The zero-order valence-electron chi connectivity index (χ0n) is 8.27. The van der Waals surface area contributed by atoms with Gasteiger partial charge in [-0.1, -0.05) is 18.0 Å². The highest BCUT2D eigenvalue weighted by atomic mass is 35.5. The van der Waals surface area contributed by atoms with Crippen LogP contribution in [-0.2, 0) is 6.42 Å². The Bertz CT molecular complexity index is 372. The van der Waals surface area contributed by atoms with E-state index in [0.717, 1.165) is 24.0 Å². The van der Waals surface area contributed by atoms with Gasteiger partial charge in [-0.3, -0.25) is 0 Å². The smallest absolute Gasteiger partial charge is 0.159 e. The van der Waals surface area contributed by atoms with Gasteiger partial charge in [0.25, 0.3) is 0 Å². The van der Waals surface area contributed by atoms with Crippen LogP contribution in [0.4, 0.5) is 0 Å². The van der Waals surface area contributed by atoms with E-state index >= 15 is 0 Å². The predicted molar refractivity (Wildman–Crippen MR) is 56.1 cm³/mol. The van der Waals surface area contributed by atoms with Crippen molar-refractivity contribution in [3.05, 3.63) is 16.4 Å². The average Bonchev–Trinajstić information content (AvgIpc) is 2.76. The van der Waals surface area contributed by atoms with Crippen molar-refractivity contribution < 1.29 is 4.74 Å².